The third-order valence-electron chi connectivity index (χ3n) is 2.10. The van der Waals surface area contributed by atoms with Gasteiger partial charge in [0.15, 0.2) is 0 Å². The minimum atomic E-state index is -0.361. The Labute approximate surface area is 91.7 Å². The summed E-state index contributed by atoms with van der Waals surface area (Å²) in [5.74, 6) is 0.524. The van der Waals surface area contributed by atoms with Crippen LogP contribution in [0.1, 0.15) is 25.7 Å². The van der Waals surface area contributed by atoms with Crippen LogP contribution in [-0.4, -0.2) is 4.98 Å². The monoisotopic (exact) mass is 223 g/mol. The van der Waals surface area contributed by atoms with Crippen molar-refractivity contribution in [2.75, 3.05) is 0 Å². The van der Waals surface area contributed by atoms with E-state index in [0.717, 1.165) is 0 Å². The van der Waals surface area contributed by atoms with E-state index in [0.29, 0.717) is 21.8 Å². The van der Waals surface area contributed by atoms with E-state index in [1.165, 1.54) is 0 Å². The van der Waals surface area contributed by atoms with E-state index in [2.05, 4.69) is 4.98 Å². The van der Waals surface area contributed by atoms with Gasteiger partial charge in [0.1, 0.15) is 0 Å². The zero-order valence-electron chi connectivity index (χ0n) is 8.45. The predicted molar refractivity (Wildman–Crippen MR) is 59.4 cm³/mol. The average Bonchev–Trinajstić information content (AvgIpc) is 2.16. The number of halogens is 1. The van der Waals surface area contributed by atoms with Crippen molar-refractivity contribution in [3.05, 3.63) is 39.5 Å². The largest absolute Gasteiger partial charge is 0.408 e. The number of aromatic nitrogens is 1. The molecule has 78 valence electrons. The molecule has 4 heteroatoms. The van der Waals surface area contributed by atoms with E-state index in [1.807, 2.05) is 13.8 Å². The summed E-state index contributed by atoms with van der Waals surface area (Å²) >= 11 is 5.83. The second-order valence-corrected chi connectivity index (χ2v) is 4.09. The Hall–Kier alpha value is -1.35. The van der Waals surface area contributed by atoms with Crippen molar-refractivity contribution in [3.63, 3.8) is 0 Å². The van der Waals surface area contributed by atoms with Crippen LogP contribution >= 0.6 is 11.6 Å². The summed E-state index contributed by atoms with van der Waals surface area (Å²) in [4.78, 5) is 15.8. The number of benzene rings is 1. The normalized spacial score (nSPS) is 11.2. The van der Waals surface area contributed by atoms with Gasteiger partial charge in [0.05, 0.1) is 10.9 Å². The fourth-order valence-corrected chi connectivity index (χ4v) is 1.47. The van der Waals surface area contributed by atoms with Crippen LogP contribution in [0.5, 0.6) is 0 Å². The highest BCUT2D eigenvalue weighted by Gasteiger charge is 2.09. The van der Waals surface area contributed by atoms with Gasteiger partial charge in [-0.3, -0.25) is 0 Å². The molecule has 0 fully saturated rings. The van der Waals surface area contributed by atoms with Gasteiger partial charge in [-0.05, 0) is 18.2 Å². The predicted octanol–water partition coefficient (Wildman–Crippen LogP) is 2.96. The molecule has 2 rings (SSSR count). The van der Waals surface area contributed by atoms with E-state index in [-0.39, 0.29) is 11.5 Å². The summed E-state index contributed by atoms with van der Waals surface area (Å²) in [7, 11) is 0. The molecule has 0 spiro atoms. The maximum absolute atomic E-state index is 11.6. The maximum Gasteiger partial charge on any atom is 0.346 e. The van der Waals surface area contributed by atoms with Crippen molar-refractivity contribution >= 4 is 22.5 Å². The minimum absolute atomic E-state index is 0.0843. The third-order valence-corrected chi connectivity index (χ3v) is 2.34. The van der Waals surface area contributed by atoms with Crippen molar-refractivity contribution in [1.82, 2.24) is 4.98 Å². The van der Waals surface area contributed by atoms with E-state index in [1.54, 1.807) is 18.2 Å². The van der Waals surface area contributed by atoms with Crippen LogP contribution in [0.4, 0.5) is 0 Å². The first-order chi connectivity index (χ1) is 7.08. The molecule has 15 heavy (non-hydrogen) atoms. The van der Waals surface area contributed by atoms with Crippen LogP contribution in [0, 0.1) is 0 Å². The number of hydrogen-bond donors (Lipinski definition) is 0. The molecule has 0 saturated carbocycles. The highest BCUT2D eigenvalue weighted by Crippen LogP contribution is 2.17. The quantitative estimate of drug-likeness (QED) is 0.747. The Bertz CT molecular complexity index is 560. The van der Waals surface area contributed by atoms with Gasteiger partial charge in [-0.25, -0.2) is 9.78 Å². The highest BCUT2D eigenvalue weighted by atomic mass is 35.5. The first-order valence-electron chi connectivity index (χ1n) is 4.68. The Balaban J connectivity index is 2.80. The van der Waals surface area contributed by atoms with Crippen molar-refractivity contribution in [3.8, 4) is 0 Å². The molecular weight excluding hydrogens is 214 g/mol. The molecule has 0 aliphatic rings. The fourth-order valence-electron chi connectivity index (χ4n) is 1.31. The summed E-state index contributed by atoms with van der Waals surface area (Å²) in [5.41, 5.74) is 0.225. The smallest absolute Gasteiger partial charge is 0.346 e. The Kier molecular flexibility index (Phi) is 2.49. The van der Waals surface area contributed by atoms with E-state index in [4.69, 9.17) is 16.0 Å². The molecule has 1 aromatic heterocycles. The number of rotatable bonds is 1. The molecule has 0 amide bonds. The molecule has 1 heterocycles. The lowest BCUT2D eigenvalue weighted by Gasteiger charge is -2.03. The van der Waals surface area contributed by atoms with Crippen molar-refractivity contribution < 1.29 is 4.42 Å². The molecule has 0 saturated heterocycles. The fraction of sp³-hybridized carbons (Fsp3) is 0.273. The molecule has 1 aromatic carbocycles. The lowest BCUT2D eigenvalue weighted by atomic mass is 10.2. The van der Waals surface area contributed by atoms with Crippen LogP contribution in [0.25, 0.3) is 10.9 Å². The summed E-state index contributed by atoms with van der Waals surface area (Å²) in [5, 5.41) is 1.03. The first kappa shape index (κ1) is 10.2. The second-order valence-electron chi connectivity index (χ2n) is 3.66. The molecule has 0 bridgehead atoms. The lowest BCUT2D eigenvalue weighted by molar-refractivity contribution is 0.424. The SMILES string of the molecule is CC(C)c1nc2cc(Cl)ccc2c(=O)o1. The Morgan fingerprint density at radius 1 is 1.40 bits per heavy atom. The third kappa shape index (κ3) is 1.88. The lowest BCUT2D eigenvalue weighted by Crippen LogP contribution is -2.06. The average molecular weight is 224 g/mol. The topological polar surface area (TPSA) is 43.1 Å². The van der Waals surface area contributed by atoms with Crippen LogP contribution in [0.15, 0.2) is 27.4 Å². The van der Waals surface area contributed by atoms with Gasteiger partial charge in [0, 0.05) is 10.9 Å². The van der Waals surface area contributed by atoms with Crippen LogP contribution in [-0.2, 0) is 0 Å². The molecule has 0 radical (unpaired) electrons. The van der Waals surface area contributed by atoms with Gasteiger partial charge >= 0.3 is 5.63 Å². The molecule has 0 aliphatic heterocycles. The Morgan fingerprint density at radius 3 is 2.80 bits per heavy atom. The van der Waals surface area contributed by atoms with Gasteiger partial charge in [-0.15, -0.1) is 0 Å². The molecule has 2 aromatic rings. The van der Waals surface area contributed by atoms with Gasteiger partial charge < -0.3 is 4.42 Å². The molecule has 0 aliphatic carbocycles. The molecule has 0 N–H and O–H groups in total. The van der Waals surface area contributed by atoms with E-state index in [9.17, 15) is 4.79 Å². The van der Waals surface area contributed by atoms with Gasteiger partial charge in [-0.1, -0.05) is 25.4 Å². The summed E-state index contributed by atoms with van der Waals surface area (Å²) in [6, 6.07) is 4.94. The van der Waals surface area contributed by atoms with E-state index >= 15 is 0 Å². The van der Waals surface area contributed by atoms with Gasteiger partial charge in [0.2, 0.25) is 5.89 Å². The van der Waals surface area contributed by atoms with Crippen molar-refractivity contribution in [2.45, 2.75) is 19.8 Å². The Morgan fingerprint density at radius 2 is 2.13 bits per heavy atom. The van der Waals surface area contributed by atoms with Crippen LogP contribution < -0.4 is 5.63 Å². The first-order valence-corrected chi connectivity index (χ1v) is 5.06. The summed E-state index contributed by atoms with van der Waals surface area (Å²) in [6.45, 7) is 3.84. The zero-order chi connectivity index (χ0) is 11.0. The summed E-state index contributed by atoms with van der Waals surface area (Å²) < 4.78 is 5.08. The molecule has 3 nitrogen and oxygen atoms in total. The summed E-state index contributed by atoms with van der Waals surface area (Å²) in [6.07, 6.45) is 0. The van der Waals surface area contributed by atoms with Gasteiger partial charge in [-0.2, -0.15) is 0 Å². The zero-order valence-corrected chi connectivity index (χ0v) is 9.21. The van der Waals surface area contributed by atoms with E-state index < -0.39 is 0 Å². The van der Waals surface area contributed by atoms with Gasteiger partial charge in [0.25, 0.3) is 0 Å². The number of fused-ring (bicyclic) bond motifs is 1. The van der Waals surface area contributed by atoms with Crippen LogP contribution in [0.2, 0.25) is 5.02 Å². The maximum atomic E-state index is 11.6. The van der Waals surface area contributed by atoms with Crippen LogP contribution in [0.3, 0.4) is 0 Å². The number of nitrogens with zero attached hydrogens (tertiary/aromatic N) is 1. The standard InChI is InChI=1S/C11H10ClNO2/c1-6(2)10-13-9-5-7(12)3-4-8(9)11(14)15-10/h3-6H,1-2H3. The molecule has 0 unspecified atom stereocenters. The number of hydrogen-bond acceptors (Lipinski definition) is 3. The van der Waals surface area contributed by atoms with Crippen molar-refractivity contribution in [1.29, 1.82) is 0 Å². The highest BCUT2D eigenvalue weighted by molar-refractivity contribution is 6.31. The second kappa shape index (κ2) is 3.66. The molecule has 0 atom stereocenters. The van der Waals surface area contributed by atoms with Crippen molar-refractivity contribution in [2.24, 2.45) is 0 Å². The minimum Gasteiger partial charge on any atom is -0.408 e. The molecular formula is C11H10ClNO2.